The van der Waals surface area contributed by atoms with Gasteiger partial charge >= 0.3 is 0 Å². The molecular weight excluding hydrogens is 356 g/mol. The summed E-state index contributed by atoms with van der Waals surface area (Å²) in [4.78, 5) is 0. The second kappa shape index (κ2) is 8.12. The molecule has 0 radical (unpaired) electrons. The molecule has 10 atom stereocenters. The fourth-order valence-corrected chi connectivity index (χ4v) is 9.22. The summed E-state index contributed by atoms with van der Waals surface area (Å²) in [5.74, 6) is 4.94. The van der Waals surface area contributed by atoms with E-state index in [4.69, 9.17) is 0 Å². The number of fused-ring (bicyclic) bond motifs is 5. The van der Waals surface area contributed by atoms with Gasteiger partial charge in [0.2, 0.25) is 0 Å². The highest BCUT2D eigenvalue weighted by Gasteiger charge is 2.62. The largest absolute Gasteiger partial charge is 0.393 e. The number of rotatable bonds is 5. The van der Waals surface area contributed by atoms with Crippen molar-refractivity contribution in [2.75, 3.05) is 0 Å². The Morgan fingerprint density at radius 2 is 1.52 bits per heavy atom. The fraction of sp³-hybridized carbons (Fsp3) is 1.00. The van der Waals surface area contributed by atoms with Crippen molar-refractivity contribution in [1.29, 1.82) is 0 Å². The molecule has 0 bridgehead atoms. The molecule has 2 N–H and O–H groups in total. The van der Waals surface area contributed by atoms with Gasteiger partial charge in [0.15, 0.2) is 0 Å². The summed E-state index contributed by atoms with van der Waals surface area (Å²) >= 11 is 0. The van der Waals surface area contributed by atoms with Gasteiger partial charge in [0.05, 0.1) is 12.2 Å². The lowest BCUT2D eigenvalue weighted by Gasteiger charge is -2.62. The van der Waals surface area contributed by atoms with Gasteiger partial charge in [-0.05, 0) is 104 Å². The van der Waals surface area contributed by atoms with Crippen LogP contribution in [-0.2, 0) is 0 Å². The van der Waals surface area contributed by atoms with E-state index in [9.17, 15) is 10.2 Å². The Kier molecular flexibility index (Phi) is 6.19. The standard InChI is InChI=1S/C27H48O2/c1-17(2)7-6-8-18(3)21-9-10-22-25-23(12-14-27(21,22)5)26(4)13-11-20(28)15-19(26)16-24(25)29/h17-25,28-29H,6-16H2,1-5H3/t18?,19-,20+,21-,22?,23?,24?,25?,26+,27-/m1/s1. The van der Waals surface area contributed by atoms with E-state index in [1.165, 1.54) is 51.4 Å². The van der Waals surface area contributed by atoms with Crippen LogP contribution in [-0.4, -0.2) is 22.4 Å². The average molecular weight is 405 g/mol. The van der Waals surface area contributed by atoms with E-state index in [1.54, 1.807) is 0 Å². The van der Waals surface area contributed by atoms with Gasteiger partial charge in [0.1, 0.15) is 0 Å². The number of hydrogen-bond donors (Lipinski definition) is 2. The van der Waals surface area contributed by atoms with Crippen LogP contribution in [0.1, 0.15) is 105 Å². The van der Waals surface area contributed by atoms with Crippen molar-refractivity contribution >= 4 is 0 Å². The van der Waals surface area contributed by atoms with Crippen LogP contribution in [0.2, 0.25) is 0 Å². The monoisotopic (exact) mass is 404 g/mol. The Bertz CT molecular complexity index is 573. The molecule has 2 heteroatoms. The van der Waals surface area contributed by atoms with Crippen LogP contribution >= 0.6 is 0 Å². The number of aliphatic hydroxyl groups is 2. The van der Waals surface area contributed by atoms with Crippen LogP contribution in [0.25, 0.3) is 0 Å². The lowest BCUT2D eigenvalue weighted by atomic mass is 9.43. The predicted octanol–water partition coefficient (Wildman–Crippen LogP) is 6.44. The van der Waals surface area contributed by atoms with Gasteiger partial charge in [0.25, 0.3) is 0 Å². The smallest absolute Gasteiger partial charge is 0.0577 e. The molecule has 0 aromatic heterocycles. The van der Waals surface area contributed by atoms with Crippen molar-refractivity contribution in [2.45, 2.75) is 117 Å². The van der Waals surface area contributed by atoms with Crippen molar-refractivity contribution in [2.24, 2.45) is 52.3 Å². The van der Waals surface area contributed by atoms with Crippen LogP contribution in [0.15, 0.2) is 0 Å². The minimum absolute atomic E-state index is 0.131. The Hall–Kier alpha value is -0.0800. The molecule has 4 saturated carbocycles. The predicted molar refractivity (Wildman–Crippen MR) is 120 cm³/mol. The summed E-state index contributed by atoms with van der Waals surface area (Å²) in [5, 5.41) is 21.6. The molecule has 4 fully saturated rings. The highest BCUT2D eigenvalue weighted by atomic mass is 16.3. The Balaban J connectivity index is 1.50. The maximum Gasteiger partial charge on any atom is 0.0577 e. The zero-order chi connectivity index (χ0) is 21.0. The quantitative estimate of drug-likeness (QED) is 0.553. The van der Waals surface area contributed by atoms with Gasteiger partial charge in [-0.3, -0.25) is 0 Å². The molecule has 168 valence electrons. The Morgan fingerprint density at radius 3 is 2.24 bits per heavy atom. The molecule has 0 aromatic rings. The third-order valence-electron chi connectivity index (χ3n) is 10.9. The molecule has 4 rings (SSSR count). The maximum absolute atomic E-state index is 11.4. The first-order valence-electron chi connectivity index (χ1n) is 13.0. The van der Waals surface area contributed by atoms with Crippen molar-refractivity contribution < 1.29 is 10.2 Å². The Labute approximate surface area is 180 Å². The first kappa shape index (κ1) is 22.1. The van der Waals surface area contributed by atoms with Gasteiger partial charge in [-0.1, -0.05) is 53.9 Å². The summed E-state index contributed by atoms with van der Waals surface area (Å²) in [6.45, 7) is 12.4. The van der Waals surface area contributed by atoms with Gasteiger partial charge in [-0.15, -0.1) is 0 Å². The van der Waals surface area contributed by atoms with E-state index in [-0.39, 0.29) is 12.2 Å². The molecule has 5 unspecified atom stereocenters. The molecule has 0 aliphatic heterocycles. The summed E-state index contributed by atoms with van der Waals surface area (Å²) in [7, 11) is 0. The zero-order valence-corrected chi connectivity index (χ0v) is 19.9. The van der Waals surface area contributed by atoms with Crippen LogP contribution < -0.4 is 0 Å². The summed E-state index contributed by atoms with van der Waals surface area (Å²) in [6.07, 6.45) is 13.3. The van der Waals surface area contributed by atoms with E-state index in [0.717, 1.165) is 42.9 Å². The molecule has 0 amide bonds. The molecule has 0 saturated heterocycles. The lowest BCUT2D eigenvalue weighted by molar-refractivity contribution is -0.174. The van der Waals surface area contributed by atoms with Gasteiger partial charge < -0.3 is 10.2 Å². The third-order valence-corrected chi connectivity index (χ3v) is 10.9. The summed E-state index contributed by atoms with van der Waals surface area (Å²) in [6, 6.07) is 0. The normalized spacial score (nSPS) is 50.7. The van der Waals surface area contributed by atoms with Gasteiger partial charge in [-0.25, -0.2) is 0 Å². The van der Waals surface area contributed by atoms with Crippen LogP contribution in [0.3, 0.4) is 0 Å². The van der Waals surface area contributed by atoms with Crippen LogP contribution in [0, 0.1) is 52.3 Å². The number of hydrogen-bond acceptors (Lipinski definition) is 2. The van der Waals surface area contributed by atoms with Crippen molar-refractivity contribution in [3.63, 3.8) is 0 Å². The van der Waals surface area contributed by atoms with Crippen molar-refractivity contribution in [3.05, 3.63) is 0 Å². The van der Waals surface area contributed by atoms with Crippen molar-refractivity contribution in [3.8, 4) is 0 Å². The van der Waals surface area contributed by atoms with E-state index in [2.05, 4.69) is 34.6 Å². The third kappa shape index (κ3) is 3.73. The molecule has 0 heterocycles. The van der Waals surface area contributed by atoms with E-state index < -0.39 is 0 Å². The SMILES string of the molecule is CC(C)CCCC(C)[C@H]1CCC2C3C(O)C[C@H]4C[C@@H](O)CC[C@]4(C)C3CC[C@@]21C. The maximum atomic E-state index is 11.4. The molecule has 2 nitrogen and oxygen atoms in total. The number of aliphatic hydroxyl groups excluding tert-OH is 2. The second-order valence-corrected chi connectivity index (χ2v) is 12.8. The molecular formula is C27H48O2. The van der Waals surface area contributed by atoms with Crippen molar-refractivity contribution in [1.82, 2.24) is 0 Å². The van der Waals surface area contributed by atoms with E-state index >= 15 is 0 Å². The van der Waals surface area contributed by atoms with Gasteiger partial charge in [0, 0.05) is 0 Å². The Morgan fingerprint density at radius 1 is 0.828 bits per heavy atom. The molecule has 0 spiro atoms. The summed E-state index contributed by atoms with van der Waals surface area (Å²) in [5.41, 5.74) is 0.794. The highest BCUT2D eigenvalue weighted by molar-refractivity contribution is 5.11. The lowest BCUT2D eigenvalue weighted by Crippen LogP contribution is -2.58. The highest BCUT2D eigenvalue weighted by Crippen LogP contribution is 2.68. The molecule has 29 heavy (non-hydrogen) atoms. The molecule has 4 aliphatic carbocycles. The zero-order valence-electron chi connectivity index (χ0n) is 19.9. The second-order valence-electron chi connectivity index (χ2n) is 12.8. The van der Waals surface area contributed by atoms with E-state index in [0.29, 0.717) is 28.6 Å². The van der Waals surface area contributed by atoms with Crippen LogP contribution in [0.5, 0.6) is 0 Å². The fourth-order valence-electron chi connectivity index (χ4n) is 9.22. The summed E-state index contributed by atoms with van der Waals surface area (Å²) < 4.78 is 0. The molecule has 0 aromatic carbocycles. The van der Waals surface area contributed by atoms with E-state index in [1.807, 2.05) is 0 Å². The molecule has 4 aliphatic rings. The minimum Gasteiger partial charge on any atom is -0.393 e. The average Bonchev–Trinajstić information content (AvgIpc) is 3.00. The minimum atomic E-state index is -0.136. The van der Waals surface area contributed by atoms with Crippen LogP contribution in [0.4, 0.5) is 0 Å². The topological polar surface area (TPSA) is 40.5 Å². The first-order valence-corrected chi connectivity index (χ1v) is 13.0. The first-order chi connectivity index (χ1) is 13.7. The van der Waals surface area contributed by atoms with Gasteiger partial charge in [-0.2, -0.15) is 0 Å².